The lowest BCUT2D eigenvalue weighted by Gasteiger charge is -2.12. The Labute approximate surface area is 202 Å². The fourth-order valence-corrected chi connectivity index (χ4v) is 5.29. The van der Waals surface area contributed by atoms with Gasteiger partial charge in [-0.2, -0.15) is 0 Å². The summed E-state index contributed by atoms with van der Waals surface area (Å²) in [7, 11) is 1.70. The van der Waals surface area contributed by atoms with Gasteiger partial charge in [0.2, 0.25) is 0 Å². The predicted octanol–water partition coefficient (Wildman–Crippen LogP) is 8.16. The van der Waals surface area contributed by atoms with Gasteiger partial charge >= 0.3 is 0 Å². The Morgan fingerprint density at radius 1 is 0.629 bits per heavy atom. The largest absolute Gasteiger partial charge is 0.497 e. The SMILES string of the molecule is COc1ccc(-c2cc3cc4c(cc3c3ncccc23)c2ccccc2n4-c2ccccc2)cc1. The fourth-order valence-electron chi connectivity index (χ4n) is 5.29. The Morgan fingerprint density at radius 3 is 2.23 bits per heavy atom. The molecule has 0 saturated heterocycles. The molecule has 0 saturated carbocycles. The van der Waals surface area contributed by atoms with E-state index in [0.717, 1.165) is 27.9 Å². The molecule has 0 spiro atoms. The van der Waals surface area contributed by atoms with Crippen molar-refractivity contribution in [1.82, 2.24) is 9.55 Å². The van der Waals surface area contributed by atoms with Crippen LogP contribution in [0.1, 0.15) is 0 Å². The Bertz CT molecular complexity index is 1870. The molecular formula is C32H22N2O. The molecule has 0 amide bonds. The summed E-state index contributed by atoms with van der Waals surface area (Å²) < 4.78 is 7.74. The minimum atomic E-state index is 0.853. The molecule has 2 aromatic heterocycles. The van der Waals surface area contributed by atoms with Gasteiger partial charge in [-0.25, -0.2) is 0 Å². The zero-order valence-corrected chi connectivity index (χ0v) is 19.3. The number of nitrogens with zero attached hydrogens (tertiary/aromatic N) is 2. The van der Waals surface area contributed by atoms with Gasteiger partial charge in [0.15, 0.2) is 0 Å². The van der Waals surface area contributed by atoms with E-state index in [1.54, 1.807) is 7.11 Å². The van der Waals surface area contributed by atoms with Crippen LogP contribution in [0.25, 0.3) is 60.3 Å². The molecule has 166 valence electrons. The second-order valence-electron chi connectivity index (χ2n) is 8.83. The van der Waals surface area contributed by atoms with Crippen molar-refractivity contribution in [3.8, 4) is 22.6 Å². The van der Waals surface area contributed by atoms with E-state index in [-0.39, 0.29) is 0 Å². The number of methoxy groups -OCH3 is 1. The number of aromatic nitrogens is 2. The molecule has 0 aliphatic rings. The van der Waals surface area contributed by atoms with Gasteiger partial charge < -0.3 is 9.30 Å². The Morgan fingerprint density at radius 2 is 1.40 bits per heavy atom. The van der Waals surface area contributed by atoms with Gasteiger partial charge in [0.05, 0.1) is 23.7 Å². The van der Waals surface area contributed by atoms with E-state index in [9.17, 15) is 0 Å². The third kappa shape index (κ3) is 3.02. The van der Waals surface area contributed by atoms with Gasteiger partial charge in [-0.3, -0.25) is 4.98 Å². The van der Waals surface area contributed by atoms with Crippen molar-refractivity contribution >= 4 is 43.5 Å². The summed E-state index contributed by atoms with van der Waals surface area (Å²) >= 11 is 0. The van der Waals surface area contributed by atoms with Crippen LogP contribution in [0.4, 0.5) is 0 Å². The standard InChI is InChI=1S/C32H22N2O/c1-35-24-15-13-21(14-16-24)27-18-22-19-31-29(20-28(22)32-26(27)11-7-17-33-32)25-10-5-6-12-30(25)34(31)23-8-3-2-4-9-23/h2-20H,1H3. The summed E-state index contributed by atoms with van der Waals surface area (Å²) in [4.78, 5) is 4.85. The number of para-hydroxylation sites is 2. The maximum absolute atomic E-state index is 5.38. The average Bonchev–Trinajstić information content (AvgIpc) is 3.25. The molecule has 35 heavy (non-hydrogen) atoms. The summed E-state index contributed by atoms with van der Waals surface area (Å²) in [6.45, 7) is 0. The number of hydrogen-bond acceptors (Lipinski definition) is 2. The van der Waals surface area contributed by atoms with Gasteiger partial charge in [0.25, 0.3) is 0 Å². The minimum Gasteiger partial charge on any atom is -0.497 e. The number of rotatable bonds is 3. The molecule has 3 heteroatoms. The zero-order valence-electron chi connectivity index (χ0n) is 19.3. The van der Waals surface area contributed by atoms with Crippen molar-refractivity contribution in [1.29, 1.82) is 0 Å². The van der Waals surface area contributed by atoms with Crippen LogP contribution in [0, 0.1) is 0 Å². The first kappa shape index (κ1) is 19.8. The number of benzene rings is 5. The van der Waals surface area contributed by atoms with Crippen molar-refractivity contribution in [2.24, 2.45) is 0 Å². The molecule has 7 aromatic rings. The van der Waals surface area contributed by atoms with E-state index >= 15 is 0 Å². The third-order valence-corrected chi connectivity index (χ3v) is 6.91. The van der Waals surface area contributed by atoms with Crippen LogP contribution in [-0.2, 0) is 0 Å². The Kier molecular flexibility index (Phi) is 4.36. The number of ether oxygens (including phenoxy) is 1. The normalized spacial score (nSPS) is 11.6. The summed E-state index contributed by atoms with van der Waals surface area (Å²) in [5, 5.41) is 5.98. The molecule has 0 aliphatic carbocycles. The lowest BCUT2D eigenvalue weighted by Crippen LogP contribution is -1.93. The summed E-state index contributed by atoms with van der Waals surface area (Å²) in [5.41, 5.74) is 6.90. The van der Waals surface area contributed by atoms with Crippen molar-refractivity contribution in [2.45, 2.75) is 0 Å². The Hall–Kier alpha value is -4.63. The van der Waals surface area contributed by atoms with Crippen LogP contribution in [0.5, 0.6) is 5.75 Å². The topological polar surface area (TPSA) is 27.1 Å². The van der Waals surface area contributed by atoms with Crippen LogP contribution in [0.3, 0.4) is 0 Å². The Balaban J connectivity index is 1.61. The average molecular weight is 451 g/mol. The highest BCUT2D eigenvalue weighted by atomic mass is 16.5. The molecule has 0 aliphatic heterocycles. The fraction of sp³-hybridized carbons (Fsp3) is 0.0312. The van der Waals surface area contributed by atoms with E-state index in [2.05, 4.69) is 95.6 Å². The van der Waals surface area contributed by atoms with Gasteiger partial charge in [0, 0.05) is 33.4 Å². The van der Waals surface area contributed by atoms with E-state index in [1.165, 1.54) is 38.1 Å². The smallest absolute Gasteiger partial charge is 0.118 e. The summed E-state index contributed by atoms with van der Waals surface area (Å²) in [6.07, 6.45) is 1.89. The molecular weight excluding hydrogens is 428 g/mol. The molecule has 0 unspecified atom stereocenters. The molecule has 0 atom stereocenters. The lowest BCUT2D eigenvalue weighted by molar-refractivity contribution is 0.415. The predicted molar refractivity (Wildman–Crippen MR) is 146 cm³/mol. The van der Waals surface area contributed by atoms with Crippen molar-refractivity contribution in [2.75, 3.05) is 7.11 Å². The molecule has 3 nitrogen and oxygen atoms in total. The van der Waals surface area contributed by atoms with Gasteiger partial charge in [-0.15, -0.1) is 0 Å². The van der Waals surface area contributed by atoms with E-state index in [1.807, 2.05) is 24.4 Å². The summed E-state index contributed by atoms with van der Waals surface area (Å²) in [5.74, 6) is 0.853. The van der Waals surface area contributed by atoms with Crippen LogP contribution in [0.15, 0.2) is 115 Å². The van der Waals surface area contributed by atoms with Crippen LogP contribution in [-0.4, -0.2) is 16.7 Å². The van der Waals surface area contributed by atoms with Crippen molar-refractivity contribution < 1.29 is 4.74 Å². The number of pyridine rings is 1. The highest BCUT2D eigenvalue weighted by molar-refractivity contribution is 6.19. The molecule has 5 aromatic carbocycles. The van der Waals surface area contributed by atoms with E-state index < -0.39 is 0 Å². The molecule has 7 rings (SSSR count). The van der Waals surface area contributed by atoms with Gasteiger partial charge in [0.1, 0.15) is 5.75 Å². The second kappa shape index (κ2) is 7.71. The molecule has 0 radical (unpaired) electrons. The van der Waals surface area contributed by atoms with Gasteiger partial charge in [-0.1, -0.05) is 54.6 Å². The minimum absolute atomic E-state index is 0.853. The first-order valence-corrected chi connectivity index (χ1v) is 11.8. The first-order chi connectivity index (χ1) is 17.3. The highest BCUT2D eigenvalue weighted by Crippen LogP contribution is 2.39. The monoisotopic (exact) mass is 450 g/mol. The quantitative estimate of drug-likeness (QED) is 0.254. The maximum atomic E-state index is 5.38. The highest BCUT2D eigenvalue weighted by Gasteiger charge is 2.16. The van der Waals surface area contributed by atoms with Crippen molar-refractivity contribution in [3.05, 3.63) is 115 Å². The first-order valence-electron chi connectivity index (χ1n) is 11.8. The second-order valence-corrected chi connectivity index (χ2v) is 8.83. The molecule has 0 N–H and O–H groups in total. The van der Waals surface area contributed by atoms with Gasteiger partial charge in [-0.05, 0) is 71.1 Å². The van der Waals surface area contributed by atoms with Crippen LogP contribution >= 0.6 is 0 Å². The lowest BCUT2D eigenvalue weighted by atomic mass is 9.95. The molecule has 0 fully saturated rings. The molecule has 2 heterocycles. The van der Waals surface area contributed by atoms with Crippen LogP contribution in [0.2, 0.25) is 0 Å². The maximum Gasteiger partial charge on any atom is 0.118 e. The number of fused-ring (bicyclic) bond motifs is 6. The van der Waals surface area contributed by atoms with E-state index in [4.69, 9.17) is 9.72 Å². The summed E-state index contributed by atoms with van der Waals surface area (Å²) in [6, 6.07) is 38.6. The zero-order chi connectivity index (χ0) is 23.4. The van der Waals surface area contributed by atoms with Crippen molar-refractivity contribution in [3.63, 3.8) is 0 Å². The van der Waals surface area contributed by atoms with E-state index in [0.29, 0.717) is 0 Å². The molecule has 0 bridgehead atoms. The van der Waals surface area contributed by atoms with Crippen LogP contribution < -0.4 is 4.74 Å². The third-order valence-electron chi connectivity index (χ3n) is 6.91. The number of hydrogen-bond donors (Lipinski definition) is 0.